The molecule has 0 unspecified atom stereocenters. The van der Waals surface area contributed by atoms with Crippen LogP contribution in [0.25, 0.3) is 0 Å². The van der Waals surface area contributed by atoms with E-state index in [1.807, 2.05) is 12.1 Å². The van der Waals surface area contributed by atoms with E-state index >= 15 is 0 Å². The monoisotopic (exact) mass is 185 g/mol. The Balaban J connectivity index is 2.78. The lowest BCUT2D eigenvalue weighted by molar-refractivity contribution is 0.149. The Hall–Kier alpha value is -0.960. The molecule has 0 bridgehead atoms. The average molecular weight is 185 g/mol. The van der Waals surface area contributed by atoms with Crippen LogP contribution >= 0.6 is 0 Å². The number of benzene rings is 1. The van der Waals surface area contributed by atoms with Gasteiger partial charge in [0.05, 0.1) is 0 Å². The zero-order valence-electron chi connectivity index (χ0n) is 7.34. The molecule has 1 aromatic rings. The van der Waals surface area contributed by atoms with Crippen LogP contribution in [0, 0.1) is 0 Å². The Bertz CT molecular complexity index is 261. The summed E-state index contributed by atoms with van der Waals surface area (Å²) in [4.78, 5) is 0. The predicted molar refractivity (Wildman–Crippen MR) is 48.9 cm³/mol. The number of nitrogens with two attached hydrogens (primary N) is 1. The van der Waals surface area contributed by atoms with E-state index in [-0.39, 0.29) is 6.42 Å². The highest BCUT2D eigenvalue weighted by Crippen LogP contribution is 2.13. The second kappa shape index (κ2) is 4.92. The van der Waals surface area contributed by atoms with E-state index in [2.05, 4.69) is 0 Å². The van der Waals surface area contributed by atoms with Crippen molar-refractivity contribution in [3.8, 4) is 0 Å². The summed E-state index contributed by atoms with van der Waals surface area (Å²) in [6.07, 6.45) is -1.78. The molecule has 2 N–H and O–H groups in total. The van der Waals surface area contributed by atoms with Crippen molar-refractivity contribution >= 4 is 0 Å². The number of alkyl halides is 2. The van der Waals surface area contributed by atoms with Gasteiger partial charge in [-0.05, 0) is 24.1 Å². The van der Waals surface area contributed by atoms with E-state index in [0.29, 0.717) is 18.5 Å². The molecule has 0 aromatic heterocycles. The lowest BCUT2D eigenvalue weighted by Gasteiger charge is -2.07. The summed E-state index contributed by atoms with van der Waals surface area (Å²) >= 11 is 0. The first-order valence-electron chi connectivity index (χ1n) is 4.29. The Kier molecular flexibility index (Phi) is 3.83. The maximum Gasteiger partial charge on any atom is 0.242 e. The summed E-state index contributed by atoms with van der Waals surface area (Å²) in [5, 5.41) is 0. The minimum absolute atomic E-state index is 0.170. The van der Waals surface area contributed by atoms with Crippen LogP contribution in [0.2, 0.25) is 0 Å². The van der Waals surface area contributed by atoms with Crippen molar-refractivity contribution < 1.29 is 8.78 Å². The first kappa shape index (κ1) is 10.1. The number of halogens is 2. The van der Waals surface area contributed by atoms with Gasteiger partial charge >= 0.3 is 0 Å². The van der Waals surface area contributed by atoms with Crippen LogP contribution in [-0.2, 0) is 12.8 Å². The van der Waals surface area contributed by atoms with E-state index in [4.69, 9.17) is 5.73 Å². The highest BCUT2D eigenvalue weighted by Gasteiger charge is 2.07. The zero-order valence-corrected chi connectivity index (χ0v) is 7.34. The number of rotatable bonds is 4. The van der Waals surface area contributed by atoms with Crippen molar-refractivity contribution in [3.05, 3.63) is 35.4 Å². The molecule has 3 heteroatoms. The Labute approximate surface area is 76.6 Å². The second-order valence-electron chi connectivity index (χ2n) is 2.90. The van der Waals surface area contributed by atoms with Gasteiger partial charge in [-0.3, -0.25) is 0 Å². The predicted octanol–water partition coefficient (Wildman–Crippen LogP) is 2.00. The quantitative estimate of drug-likeness (QED) is 0.762. The van der Waals surface area contributed by atoms with Gasteiger partial charge in [0.15, 0.2) is 0 Å². The van der Waals surface area contributed by atoms with E-state index in [9.17, 15) is 8.78 Å². The summed E-state index contributed by atoms with van der Waals surface area (Å²) in [5.74, 6) is 0. The summed E-state index contributed by atoms with van der Waals surface area (Å²) in [6, 6.07) is 7.21. The van der Waals surface area contributed by atoms with Crippen LogP contribution < -0.4 is 5.73 Å². The standard InChI is InChI=1S/C10H13F2N/c11-10(12)7-9-4-2-1-3-8(9)5-6-13/h1-4,10H,5-7,13H2. The molecule has 0 fully saturated rings. The summed E-state index contributed by atoms with van der Waals surface area (Å²) < 4.78 is 24.2. The van der Waals surface area contributed by atoms with Crippen LogP contribution in [0.4, 0.5) is 8.78 Å². The third-order valence-electron chi connectivity index (χ3n) is 1.91. The average Bonchev–Trinajstić information content (AvgIpc) is 2.08. The van der Waals surface area contributed by atoms with Gasteiger partial charge in [-0.25, -0.2) is 8.78 Å². The molecule has 0 spiro atoms. The van der Waals surface area contributed by atoms with Crippen LogP contribution in [0.5, 0.6) is 0 Å². The van der Waals surface area contributed by atoms with E-state index in [1.165, 1.54) is 0 Å². The van der Waals surface area contributed by atoms with Crippen LogP contribution in [0.3, 0.4) is 0 Å². The topological polar surface area (TPSA) is 26.0 Å². The molecule has 0 heterocycles. The van der Waals surface area contributed by atoms with Gasteiger partial charge < -0.3 is 5.73 Å². The largest absolute Gasteiger partial charge is 0.330 e. The summed E-state index contributed by atoms with van der Waals surface area (Å²) in [5.41, 5.74) is 7.02. The first-order valence-corrected chi connectivity index (χ1v) is 4.29. The van der Waals surface area contributed by atoms with Crippen molar-refractivity contribution in [2.45, 2.75) is 19.3 Å². The maximum atomic E-state index is 12.1. The fourth-order valence-corrected chi connectivity index (χ4v) is 1.32. The normalized spacial score (nSPS) is 10.8. The van der Waals surface area contributed by atoms with E-state index in [1.54, 1.807) is 12.1 Å². The third-order valence-corrected chi connectivity index (χ3v) is 1.91. The molecule has 0 saturated heterocycles. The molecule has 0 saturated carbocycles. The minimum Gasteiger partial charge on any atom is -0.330 e. The van der Waals surface area contributed by atoms with Crippen LogP contribution in [-0.4, -0.2) is 13.0 Å². The zero-order chi connectivity index (χ0) is 9.68. The molecule has 0 aliphatic carbocycles. The van der Waals surface area contributed by atoms with Crippen molar-refractivity contribution in [2.24, 2.45) is 5.73 Å². The van der Waals surface area contributed by atoms with Gasteiger partial charge in [-0.2, -0.15) is 0 Å². The second-order valence-corrected chi connectivity index (χ2v) is 2.90. The molecule has 0 aliphatic heterocycles. The minimum atomic E-state index is -2.28. The van der Waals surface area contributed by atoms with Gasteiger partial charge in [0.1, 0.15) is 0 Å². The smallest absolute Gasteiger partial charge is 0.242 e. The van der Waals surface area contributed by atoms with Crippen LogP contribution in [0.15, 0.2) is 24.3 Å². The van der Waals surface area contributed by atoms with Gasteiger partial charge in [-0.15, -0.1) is 0 Å². The SMILES string of the molecule is NCCc1ccccc1CC(F)F. The van der Waals surface area contributed by atoms with Crippen molar-refractivity contribution in [2.75, 3.05) is 6.54 Å². The molecular formula is C10H13F2N. The summed E-state index contributed by atoms with van der Waals surface area (Å²) in [7, 11) is 0. The number of hydrogen-bond donors (Lipinski definition) is 1. The van der Waals surface area contributed by atoms with Crippen molar-refractivity contribution in [3.63, 3.8) is 0 Å². The Morgan fingerprint density at radius 1 is 1.15 bits per heavy atom. The third kappa shape index (κ3) is 3.11. The summed E-state index contributed by atoms with van der Waals surface area (Å²) in [6.45, 7) is 0.500. The van der Waals surface area contributed by atoms with E-state index in [0.717, 1.165) is 5.56 Å². The first-order chi connectivity index (χ1) is 6.24. The fourth-order valence-electron chi connectivity index (χ4n) is 1.32. The molecular weight excluding hydrogens is 172 g/mol. The van der Waals surface area contributed by atoms with Gasteiger partial charge in [-0.1, -0.05) is 24.3 Å². The molecule has 1 nitrogen and oxygen atoms in total. The molecule has 0 atom stereocenters. The van der Waals surface area contributed by atoms with Gasteiger partial charge in [0, 0.05) is 6.42 Å². The molecule has 1 aromatic carbocycles. The Morgan fingerprint density at radius 2 is 1.77 bits per heavy atom. The molecule has 72 valence electrons. The van der Waals surface area contributed by atoms with Crippen LogP contribution in [0.1, 0.15) is 11.1 Å². The van der Waals surface area contributed by atoms with Gasteiger partial charge in [0.2, 0.25) is 6.43 Å². The highest BCUT2D eigenvalue weighted by molar-refractivity contribution is 5.27. The Morgan fingerprint density at radius 3 is 2.31 bits per heavy atom. The molecule has 1 rings (SSSR count). The highest BCUT2D eigenvalue weighted by atomic mass is 19.3. The van der Waals surface area contributed by atoms with Crippen molar-refractivity contribution in [1.82, 2.24) is 0 Å². The number of hydrogen-bond acceptors (Lipinski definition) is 1. The van der Waals surface area contributed by atoms with E-state index < -0.39 is 6.43 Å². The molecule has 0 amide bonds. The lowest BCUT2D eigenvalue weighted by atomic mass is 10.0. The molecule has 0 radical (unpaired) electrons. The van der Waals surface area contributed by atoms with Crippen molar-refractivity contribution in [1.29, 1.82) is 0 Å². The lowest BCUT2D eigenvalue weighted by Crippen LogP contribution is -2.07. The maximum absolute atomic E-state index is 12.1. The van der Waals surface area contributed by atoms with Gasteiger partial charge in [0.25, 0.3) is 0 Å². The molecule has 0 aliphatic rings. The fraction of sp³-hybridized carbons (Fsp3) is 0.400. The molecule has 13 heavy (non-hydrogen) atoms.